The summed E-state index contributed by atoms with van der Waals surface area (Å²) < 4.78 is 25.0. The van der Waals surface area contributed by atoms with Gasteiger partial charge in [-0.3, -0.25) is 0 Å². The van der Waals surface area contributed by atoms with Crippen molar-refractivity contribution in [3.05, 3.63) is 0 Å². The molecule has 0 unspecified atom stereocenters. The molecule has 0 saturated carbocycles. The minimum absolute atomic E-state index is 0.341. The van der Waals surface area contributed by atoms with E-state index in [4.69, 9.17) is 0 Å². The predicted molar refractivity (Wildman–Crippen MR) is 55.2 cm³/mol. The molecule has 2 N–H and O–H groups in total. The molecule has 0 radical (unpaired) electrons. The molecule has 0 amide bonds. The molecule has 0 aromatic rings. The lowest BCUT2D eigenvalue weighted by atomic mass is 10.4. The van der Waals surface area contributed by atoms with Crippen LogP contribution in [0, 0.1) is 0 Å². The van der Waals surface area contributed by atoms with Crippen molar-refractivity contribution in [3.63, 3.8) is 0 Å². The van der Waals surface area contributed by atoms with Gasteiger partial charge < -0.3 is 5.32 Å². The van der Waals surface area contributed by atoms with E-state index in [1.165, 1.54) is 0 Å². The molecule has 0 aliphatic carbocycles. The zero-order valence-corrected chi connectivity index (χ0v) is 9.45. The molecule has 0 heterocycles. The first-order valence-electron chi connectivity index (χ1n) is 4.70. The van der Waals surface area contributed by atoms with Gasteiger partial charge in [-0.15, -0.1) is 0 Å². The van der Waals surface area contributed by atoms with Gasteiger partial charge in [0.05, 0.1) is 5.25 Å². The number of sulfonamides is 1. The summed E-state index contributed by atoms with van der Waals surface area (Å²) in [5.41, 5.74) is 0. The van der Waals surface area contributed by atoms with E-state index >= 15 is 0 Å². The zero-order valence-electron chi connectivity index (χ0n) is 8.63. The fourth-order valence-corrected chi connectivity index (χ4v) is 1.53. The van der Waals surface area contributed by atoms with E-state index in [0.717, 1.165) is 19.5 Å². The van der Waals surface area contributed by atoms with E-state index < -0.39 is 10.0 Å². The van der Waals surface area contributed by atoms with Crippen molar-refractivity contribution in [1.82, 2.24) is 10.0 Å². The summed E-state index contributed by atoms with van der Waals surface area (Å²) in [7, 11) is -3.06. The smallest absolute Gasteiger partial charge is 0.213 e. The molecule has 0 fully saturated rings. The molecule has 0 rings (SSSR count). The van der Waals surface area contributed by atoms with Gasteiger partial charge in [0.2, 0.25) is 10.0 Å². The summed E-state index contributed by atoms with van der Waals surface area (Å²) >= 11 is 0. The Labute approximate surface area is 81.2 Å². The fourth-order valence-electron chi connectivity index (χ4n) is 0.771. The van der Waals surface area contributed by atoms with Gasteiger partial charge in [-0.2, -0.15) is 0 Å². The van der Waals surface area contributed by atoms with Crippen molar-refractivity contribution in [2.45, 2.75) is 32.4 Å². The second kappa shape index (κ2) is 6.34. The van der Waals surface area contributed by atoms with Crippen molar-refractivity contribution in [3.8, 4) is 0 Å². The Morgan fingerprint density at radius 1 is 1.23 bits per heavy atom. The van der Waals surface area contributed by atoms with E-state index in [9.17, 15) is 8.42 Å². The summed E-state index contributed by atoms with van der Waals surface area (Å²) in [6, 6.07) is 0. The second-order valence-electron chi connectivity index (χ2n) is 3.20. The molecule has 0 aliphatic heterocycles. The first-order chi connectivity index (χ1) is 6.00. The first-order valence-corrected chi connectivity index (χ1v) is 6.24. The molecule has 0 bridgehead atoms. The second-order valence-corrected chi connectivity index (χ2v) is 5.52. The molecular formula is C8H20N2O2S. The third-order valence-corrected chi connectivity index (χ3v) is 3.55. The highest BCUT2D eigenvalue weighted by Gasteiger charge is 2.13. The van der Waals surface area contributed by atoms with Crippen LogP contribution in [0.2, 0.25) is 0 Å². The molecular weight excluding hydrogens is 188 g/mol. The minimum Gasteiger partial charge on any atom is -0.317 e. The first kappa shape index (κ1) is 12.9. The predicted octanol–water partition coefficient (Wildman–Crippen LogP) is 0.314. The Balaban J connectivity index is 3.53. The maximum Gasteiger partial charge on any atom is 0.213 e. The largest absolute Gasteiger partial charge is 0.317 e. The summed E-state index contributed by atoms with van der Waals surface area (Å²) in [5.74, 6) is 0. The number of rotatable bonds is 7. The van der Waals surface area contributed by atoms with Crippen LogP contribution in [0.1, 0.15) is 27.2 Å². The fraction of sp³-hybridized carbons (Fsp3) is 1.00. The normalized spacial score (nSPS) is 12.3. The van der Waals surface area contributed by atoms with Gasteiger partial charge in [0, 0.05) is 6.54 Å². The van der Waals surface area contributed by atoms with Gasteiger partial charge in [-0.05, 0) is 33.4 Å². The molecule has 13 heavy (non-hydrogen) atoms. The van der Waals surface area contributed by atoms with E-state index in [2.05, 4.69) is 10.0 Å². The van der Waals surface area contributed by atoms with Crippen LogP contribution in [0.15, 0.2) is 0 Å². The molecule has 4 nitrogen and oxygen atoms in total. The van der Waals surface area contributed by atoms with E-state index in [1.807, 2.05) is 6.92 Å². The molecule has 80 valence electrons. The molecule has 5 heteroatoms. The molecule has 0 aliphatic rings. The maximum absolute atomic E-state index is 11.2. The minimum atomic E-state index is -3.06. The highest BCUT2D eigenvalue weighted by atomic mass is 32.2. The van der Waals surface area contributed by atoms with Crippen LogP contribution in [-0.4, -0.2) is 33.3 Å². The average molecular weight is 208 g/mol. The molecule has 0 atom stereocenters. The third kappa shape index (κ3) is 6.01. The molecule has 0 aromatic heterocycles. The lowest BCUT2D eigenvalue weighted by molar-refractivity contribution is 0.566. The zero-order chi connectivity index (χ0) is 10.3. The summed E-state index contributed by atoms with van der Waals surface area (Å²) in [5, 5.41) is 2.79. The van der Waals surface area contributed by atoms with Crippen molar-refractivity contribution >= 4 is 10.0 Å². The van der Waals surface area contributed by atoms with E-state index in [1.54, 1.807) is 13.8 Å². The van der Waals surface area contributed by atoms with Crippen LogP contribution in [0.3, 0.4) is 0 Å². The Kier molecular flexibility index (Phi) is 6.28. The van der Waals surface area contributed by atoms with Gasteiger partial charge in [-0.1, -0.05) is 6.92 Å². The van der Waals surface area contributed by atoms with Crippen LogP contribution in [0.5, 0.6) is 0 Å². The quantitative estimate of drug-likeness (QED) is 0.592. The van der Waals surface area contributed by atoms with Gasteiger partial charge in [0.1, 0.15) is 0 Å². The molecule has 0 aromatic carbocycles. The number of hydrogen-bond donors (Lipinski definition) is 2. The van der Waals surface area contributed by atoms with Crippen molar-refractivity contribution < 1.29 is 8.42 Å². The van der Waals surface area contributed by atoms with Crippen LogP contribution in [-0.2, 0) is 10.0 Å². The summed E-state index contributed by atoms with van der Waals surface area (Å²) in [6.45, 7) is 7.68. The molecule has 0 spiro atoms. The van der Waals surface area contributed by atoms with Crippen molar-refractivity contribution in [1.29, 1.82) is 0 Å². The van der Waals surface area contributed by atoms with Gasteiger partial charge in [0.25, 0.3) is 0 Å². The Hall–Kier alpha value is -0.130. The molecule has 0 saturated heterocycles. The lowest BCUT2D eigenvalue weighted by Gasteiger charge is -2.09. The number of hydrogen-bond acceptors (Lipinski definition) is 3. The van der Waals surface area contributed by atoms with Gasteiger partial charge in [0.15, 0.2) is 0 Å². The summed E-state index contributed by atoms with van der Waals surface area (Å²) in [4.78, 5) is 0. The van der Waals surface area contributed by atoms with Gasteiger partial charge >= 0.3 is 0 Å². The van der Waals surface area contributed by atoms with Crippen LogP contribution >= 0.6 is 0 Å². The third-order valence-electron chi connectivity index (χ3n) is 1.70. The van der Waals surface area contributed by atoms with Crippen molar-refractivity contribution in [2.75, 3.05) is 19.6 Å². The topological polar surface area (TPSA) is 58.2 Å². The number of nitrogens with one attached hydrogen (secondary N) is 2. The van der Waals surface area contributed by atoms with Crippen LogP contribution in [0.4, 0.5) is 0 Å². The van der Waals surface area contributed by atoms with Crippen LogP contribution < -0.4 is 10.0 Å². The van der Waals surface area contributed by atoms with E-state index in [-0.39, 0.29) is 5.25 Å². The average Bonchev–Trinajstić information content (AvgIpc) is 2.03. The van der Waals surface area contributed by atoms with Crippen LogP contribution in [0.25, 0.3) is 0 Å². The summed E-state index contributed by atoms with van der Waals surface area (Å²) in [6.07, 6.45) is 0.833. The van der Waals surface area contributed by atoms with E-state index in [0.29, 0.717) is 6.54 Å². The lowest BCUT2D eigenvalue weighted by Crippen LogP contribution is -2.32. The highest BCUT2D eigenvalue weighted by Crippen LogP contribution is 1.95. The Morgan fingerprint density at radius 2 is 1.85 bits per heavy atom. The SMILES string of the molecule is CCNCCCNS(=O)(=O)C(C)C. The standard InChI is InChI=1S/C8H20N2O2S/c1-4-9-6-5-7-10-13(11,12)8(2)3/h8-10H,4-7H2,1-3H3. The Bertz CT molecular complexity index is 212. The van der Waals surface area contributed by atoms with Gasteiger partial charge in [-0.25, -0.2) is 13.1 Å². The van der Waals surface area contributed by atoms with Crippen molar-refractivity contribution in [2.24, 2.45) is 0 Å². The highest BCUT2D eigenvalue weighted by molar-refractivity contribution is 7.90. The Morgan fingerprint density at radius 3 is 2.31 bits per heavy atom. The maximum atomic E-state index is 11.2. The monoisotopic (exact) mass is 208 g/mol.